The minimum atomic E-state index is 0.0919. The first-order valence-corrected chi connectivity index (χ1v) is 8.81. The number of rotatable bonds is 5. The number of morpholine rings is 1. The van der Waals surface area contributed by atoms with Gasteiger partial charge in [0.25, 0.3) is 0 Å². The highest BCUT2D eigenvalue weighted by Crippen LogP contribution is 2.20. The summed E-state index contributed by atoms with van der Waals surface area (Å²) < 4.78 is 10.7. The second-order valence-electron chi connectivity index (χ2n) is 6.38. The summed E-state index contributed by atoms with van der Waals surface area (Å²) in [6.07, 6.45) is 0.778. The Morgan fingerprint density at radius 2 is 1.88 bits per heavy atom. The van der Waals surface area contributed by atoms with Gasteiger partial charge in [-0.3, -0.25) is 14.6 Å². The average Bonchev–Trinajstić information content (AvgIpc) is 3.11. The highest BCUT2D eigenvalue weighted by Gasteiger charge is 2.28. The molecule has 24 heavy (non-hydrogen) atoms. The Morgan fingerprint density at radius 3 is 2.50 bits per heavy atom. The zero-order valence-electron chi connectivity index (χ0n) is 14.6. The fraction of sp³-hybridized carbons (Fsp3) is 0.812. The SMILES string of the molecule is CCc1noc([C@H](C)N2CCN(C(=O)CN3CCOCC3)CC2)n1. The van der Waals surface area contributed by atoms with Crippen molar-refractivity contribution >= 4 is 5.91 Å². The lowest BCUT2D eigenvalue weighted by Crippen LogP contribution is -2.52. The maximum atomic E-state index is 12.4. The third-order valence-electron chi connectivity index (χ3n) is 4.83. The maximum Gasteiger partial charge on any atom is 0.243 e. The molecule has 0 spiro atoms. The predicted octanol–water partition coefficient (Wildman–Crippen LogP) is 0.169. The number of hydrogen-bond acceptors (Lipinski definition) is 7. The summed E-state index contributed by atoms with van der Waals surface area (Å²) in [6.45, 7) is 10.9. The number of amides is 1. The van der Waals surface area contributed by atoms with Crippen molar-refractivity contribution in [1.82, 2.24) is 24.8 Å². The minimum absolute atomic E-state index is 0.0919. The first-order valence-electron chi connectivity index (χ1n) is 8.81. The van der Waals surface area contributed by atoms with Crippen molar-refractivity contribution in [1.29, 1.82) is 0 Å². The number of piperazine rings is 1. The molecule has 1 amide bonds. The highest BCUT2D eigenvalue weighted by molar-refractivity contribution is 5.78. The van der Waals surface area contributed by atoms with E-state index in [1.54, 1.807) is 0 Å². The van der Waals surface area contributed by atoms with Crippen LogP contribution < -0.4 is 0 Å². The van der Waals surface area contributed by atoms with Gasteiger partial charge in [0.2, 0.25) is 11.8 Å². The fourth-order valence-corrected chi connectivity index (χ4v) is 3.15. The van der Waals surface area contributed by atoms with E-state index in [1.165, 1.54) is 0 Å². The third kappa shape index (κ3) is 4.12. The lowest BCUT2D eigenvalue weighted by molar-refractivity contribution is -0.135. The fourth-order valence-electron chi connectivity index (χ4n) is 3.15. The van der Waals surface area contributed by atoms with Gasteiger partial charge < -0.3 is 14.2 Å². The van der Waals surface area contributed by atoms with E-state index in [1.807, 2.05) is 11.8 Å². The minimum Gasteiger partial charge on any atom is -0.379 e. The van der Waals surface area contributed by atoms with Crippen LogP contribution in [-0.4, -0.2) is 89.8 Å². The van der Waals surface area contributed by atoms with Crippen molar-refractivity contribution in [2.45, 2.75) is 26.3 Å². The summed E-state index contributed by atoms with van der Waals surface area (Å²) in [5.41, 5.74) is 0. The van der Waals surface area contributed by atoms with Gasteiger partial charge in [0, 0.05) is 45.7 Å². The molecular weight excluding hydrogens is 310 g/mol. The molecule has 8 nitrogen and oxygen atoms in total. The highest BCUT2D eigenvalue weighted by atomic mass is 16.5. The van der Waals surface area contributed by atoms with E-state index >= 15 is 0 Å². The van der Waals surface area contributed by atoms with E-state index in [-0.39, 0.29) is 11.9 Å². The first kappa shape index (κ1) is 17.3. The largest absolute Gasteiger partial charge is 0.379 e. The van der Waals surface area contributed by atoms with Gasteiger partial charge in [-0.15, -0.1) is 0 Å². The van der Waals surface area contributed by atoms with Crippen molar-refractivity contribution in [3.63, 3.8) is 0 Å². The van der Waals surface area contributed by atoms with Crippen molar-refractivity contribution in [3.05, 3.63) is 11.7 Å². The molecule has 0 saturated carbocycles. The summed E-state index contributed by atoms with van der Waals surface area (Å²) in [4.78, 5) is 23.3. The molecule has 1 aromatic rings. The molecule has 3 rings (SSSR count). The number of carbonyl (C=O) groups excluding carboxylic acids is 1. The monoisotopic (exact) mass is 337 g/mol. The molecule has 0 N–H and O–H groups in total. The second-order valence-corrected chi connectivity index (χ2v) is 6.38. The van der Waals surface area contributed by atoms with Crippen LogP contribution in [0.2, 0.25) is 0 Å². The van der Waals surface area contributed by atoms with Crippen molar-refractivity contribution in [2.24, 2.45) is 0 Å². The van der Waals surface area contributed by atoms with Crippen LogP contribution >= 0.6 is 0 Å². The molecule has 0 radical (unpaired) electrons. The maximum absolute atomic E-state index is 12.4. The normalized spacial score (nSPS) is 21.8. The van der Waals surface area contributed by atoms with Crippen LogP contribution in [0.25, 0.3) is 0 Å². The zero-order chi connectivity index (χ0) is 16.9. The van der Waals surface area contributed by atoms with Gasteiger partial charge in [-0.2, -0.15) is 4.98 Å². The van der Waals surface area contributed by atoms with Gasteiger partial charge in [0.15, 0.2) is 5.82 Å². The van der Waals surface area contributed by atoms with Gasteiger partial charge in [-0.05, 0) is 6.92 Å². The lowest BCUT2D eigenvalue weighted by atomic mass is 10.2. The summed E-state index contributed by atoms with van der Waals surface area (Å²) in [7, 11) is 0. The number of aryl methyl sites for hydroxylation is 1. The van der Waals surface area contributed by atoms with E-state index < -0.39 is 0 Å². The molecule has 0 bridgehead atoms. The Bertz CT molecular complexity index is 536. The van der Waals surface area contributed by atoms with Gasteiger partial charge in [0.05, 0.1) is 25.8 Å². The molecule has 2 fully saturated rings. The molecule has 2 aliphatic rings. The Labute approximate surface area is 142 Å². The van der Waals surface area contributed by atoms with Gasteiger partial charge >= 0.3 is 0 Å². The Hall–Kier alpha value is -1.51. The van der Waals surface area contributed by atoms with Crippen molar-refractivity contribution in [3.8, 4) is 0 Å². The molecule has 3 heterocycles. The molecular formula is C16H27N5O3. The van der Waals surface area contributed by atoms with Gasteiger partial charge in [-0.25, -0.2) is 0 Å². The van der Waals surface area contributed by atoms with Crippen LogP contribution in [0.4, 0.5) is 0 Å². The summed E-state index contributed by atoms with van der Waals surface area (Å²) in [5.74, 6) is 1.63. The first-order chi connectivity index (χ1) is 11.7. The van der Waals surface area contributed by atoms with E-state index in [0.29, 0.717) is 12.4 Å². The molecule has 1 atom stereocenters. The number of nitrogens with zero attached hydrogens (tertiary/aromatic N) is 5. The van der Waals surface area contributed by atoms with Crippen LogP contribution in [0, 0.1) is 0 Å². The Kier molecular flexibility index (Phi) is 5.80. The number of carbonyl (C=O) groups is 1. The predicted molar refractivity (Wildman–Crippen MR) is 87.5 cm³/mol. The zero-order valence-corrected chi connectivity index (χ0v) is 14.6. The van der Waals surface area contributed by atoms with Crippen molar-refractivity contribution < 1.29 is 14.1 Å². The molecule has 0 unspecified atom stereocenters. The topological polar surface area (TPSA) is 74.9 Å². The Balaban J connectivity index is 1.47. The molecule has 0 aliphatic carbocycles. The van der Waals surface area contributed by atoms with E-state index in [0.717, 1.165) is 64.7 Å². The Morgan fingerprint density at radius 1 is 1.17 bits per heavy atom. The van der Waals surface area contributed by atoms with Gasteiger partial charge in [0.1, 0.15) is 0 Å². The standard InChI is InChI=1S/C16H27N5O3/c1-3-14-17-16(24-18-14)13(2)20-4-6-21(7-5-20)15(22)12-19-8-10-23-11-9-19/h13H,3-12H2,1-2H3/t13-/m0/s1. The van der Waals surface area contributed by atoms with Crippen LogP contribution in [0.5, 0.6) is 0 Å². The second kappa shape index (κ2) is 8.04. The molecule has 2 saturated heterocycles. The summed E-state index contributed by atoms with van der Waals surface area (Å²) in [5, 5.41) is 3.97. The molecule has 134 valence electrons. The summed E-state index contributed by atoms with van der Waals surface area (Å²) in [6, 6.07) is 0.0919. The number of hydrogen-bond donors (Lipinski definition) is 0. The third-order valence-corrected chi connectivity index (χ3v) is 4.83. The molecule has 1 aromatic heterocycles. The quantitative estimate of drug-likeness (QED) is 0.758. The van der Waals surface area contributed by atoms with Crippen molar-refractivity contribution in [2.75, 3.05) is 59.0 Å². The number of aromatic nitrogens is 2. The lowest BCUT2D eigenvalue weighted by Gasteiger charge is -2.38. The summed E-state index contributed by atoms with van der Waals surface area (Å²) >= 11 is 0. The van der Waals surface area contributed by atoms with E-state index in [4.69, 9.17) is 9.26 Å². The van der Waals surface area contributed by atoms with E-state index in [2.05, 4.69) is 26.9 Å². The van der Waals surface area contributed by atoms with Crippen LogP contribution in [0.3, 0.4) is 0 Å². The average molecular weight is 337 g/mol. The number of ether oxygens (including phenoxy) is 1. The van der Waals surface area contributed by atoms with E-state index in [9.17, 15) is 4.79 Å². The molecule has 8 heteroatoms. The van der Waals surface area contributed by atoms with Crippen LogP contribution in [-0.2, 0) is 16.0 Å². The van der Waals surface area contributed by atoms with Gasteiger partial charge in [-0.1, -0.05) is 12.1 Å². The smallest absolute Gasteiger partial charge is 0.243 e. The molecule has 0 aromatic carbocycles. The van der Waals surface area contributed by atoms with Crippen LogP contribution in [0.15, 0.2) is 4.52 Å². The van der Waals surface area contributed by atoms with Crippen LogP contribution in [0.1, 0.15) is 31.6 Å². The molecule has 2 aliphatic heterocycles.